The van der Waals surface area contributed by atoms with Gasteiger partial charge in [0.25, 0.3) is 0 Å². The molecule has 0 aromatic rings. The summed E-state index contributed by atoms with van der Waals surface area (Å²) in [6, 6.07) is 0. The van der Waals surface area contributed by atoms with Crippen LogP contribution in [0.5, 0.6) is 0 Å². The Kier molecular flexibility index (Phi) is 1.47. The van der Waals surface area contributed by atoms with Gasteiger partial charge in [0.2, 0.25) is 0 Å². The standard InChI is InChI=1S/C6H7NS/c7-5-3-1-2-4-6(5)8/h1,3-4,6,8H,7H2. The van der Waals surface area contributed by atoms with E-state index in [4.69, 9.17) is 5.73 Å². The molecule has 8 heavy (non-hydrogen) atoms. The molecule has 0 aliphatic heterocycles. The fraction of sp³-hybridized carbons (Fsp3) is 0.167. The van der Waals surface area contributed by atoms with Crippen LogP contribution in [0.15, 0.2) is 29.7 Å². The summed E-state index contributed by atoms with van der Waals surface area (Å²) >= 11 is 4.12. The second-order valence-corrected chi connectivity index (χ2v) is 2.17. The van der Waals surface area contributed by atoms with E-state index in [1.165, 1.54) is 0 Å². The van der Waals surface area contributed by atoms with Crippen LogP contribution in [0.4, 0.5) is 0 Å². The molecule has 0 radical (unpaired) electrons. The number of nitrogens with two attached hydrogens (primary N) is 1. The van der Waals surface area contributed by atoms with E-state index in [0.717, 1.165) is 5.70 Å². The molecule has 42 valence electrons. The van der Waals surface area contributed by atoms with Crippen molar-refractivity contribution in [3.05, 3.63) is 29.7 Å². The second-order valence-electron chi connectivity index (χ2n) is 1.61. The van der Waals surface area contributed by atoms with Gasteiger partial charge in [-0.2, -0.15) is 12.6 Å². The Balaban J connectivity index is 2.86. The number of thiol groups is 1. The molecule has 0 heterocycles. The monoisotopic (exact) mass is 125 g/mol. The van der Waals surface area contributed by atoms with Gasteiger partial charge in [0, 0.05) is 5.70 Å². The highest BCUT2D eigenvalue weighted by molar-refractivity contribution is 7.81. The van der Waals surface area contributed by atoms with Crippen LogP contribution >= 0.6 is 12.6 Å². The molecule has 1 nitrogen and oxygen atoms in total. The summed E-state index contributed by atoms with van der Waals surface area (Å²) in [5.74, 6) is 0. The Morgan fingerprint density at radius 3 is 2.88 bits per heavy atom. The van der Waals surface area contributed by atoms with E-state index in [9.17, 15) is 0 Å². The summed E-state index contributed by atoms with van der Waals surface area (Å²) in [7, 11) is 0. The van der Waals surface area contributed by atoms with Crippen molar-refractivity contribution in [1.29, 1.82) is 0 Å². The highest BCUT2D eigenvalue weighted by Gasteiger charge is 2.00. The topological polar surface area (TPSA) is 26.0 Å². The van der Waals surface area contributed by atoms with Gasteiger partial charge >= 0.3 is 0 Å². The molecule has 0 bridgehead atoms. The first kappa shape index (κ1) is 5.54. The normalized spacial score (nSPS) is 25.6. The molecule has 1 aliphatic carbocycles. The maximum Gasteiger partial charge on any atom is 0.0666 e. The van der Waals surface area contributed by atoms with Crippen LogP contribution in [0, 0.1) is 0 Å². The van der Waals surface area contributed by atoms with Crippen molar-refractivity contribution in [3.63, 3.8) is 0 Å². The van der Waals surface area contributed by atoms with E-state index in [0.29, 0.717) is 0 Å². The van der Waals surface area contributed by atoms with Crippen LogP contribution in [0.1, 0.15) is 0 Å². The van der Waals surface area contributed by atoms with Crippen molar-refractivity contribution in [2.45, 2.75) is 5.25 Å². The summed E-state index contributed by atoms with van der Waals surface area (Å²) in [6.45, 7) is 0. The Morgan fingerprint density at radius 1 is 1.75 bits per heavy atom. The maximum absolute atomic E-state index is 5.46. The van der Waals surface area contributed by atoms with Crippen LogP contribution in [0.3, 0.4) is 0 Å². The van der Waals surface area contributed by atoms with E-state index < -0.39 is 0 Å². The predicted molar refractivity (Wildman–Crippen MR) is 37.7 cm³/mol. The summed E-state index contributed by atoms with van der Waals surface area (Å²) in [6.07, 6.45) is 5.40. The quantitative estimate of drug-likeness (QED) is 0.364. The molecule has 1 rings (SSSR count). The Hall–Kier alpha value is -0.590. The zero-order valence-corrected chi connectivity index (χ0v) is 5.23. The lowest BCUT2D eigenvalue weighted by molar-refractivity contribution is 1.18. The lowest BCUT2D eigenvalue weighted by Crippen LogP contribution is -2.09. The summed E-state index contributed by atoms with van der Waals surface area (Å²) in [5, 5.41) is 0.0694. The highest BCUT2D eigenvalue weighted by atomic mass is 32.1. The lowest BCUT2D eigenvalue weighted by atomic mass is 10.2. The molecule has 2 heteroatoms. The van der Waals surface area contributed by atoms with Crippen molar-refractivity contribution in [3.8, 4) is 0 Å². The Morgan fingerprint density at radius 2 is 2.50 bits per heavy atom. The van der Waals surface area contributed by atoms with Crippen LogP contribution in [0.2, 0.25) is 0 Å². The molecule has 1 atom stereocenters. The van der Waals surface area contributed by atoms with E-state index >= 15 is 0 Å². The first-order valence-corrected chi connectivity index (χ1v) is 2.88. The fourth-order valence-corrected chi connectivity index (χ4v) is 0.658. The van der Waals surface area contributed by atoms with Gasteiger partial charge in [-0.15, -0.1) is 5.73 Å². The lowest BCUT2D eigenvalue weighted by Gasteiger charge is -2.04. The van der Waals surface area contributed by atoms with Gasteiger partial charge in [-0.25, -0.2) is 0 Å². The minimum absolute atomic E-state index is 0.0694. The van der Waals surface area contributed by atoms with Crippen LogP contribution in [-0.2, 0) is 0 Å². The van der Waals surface area contributed by atoms with Crippen molar-refractivity contribution in [1.82, 2.24) is 0 Å². The molecule has 0 fully saturated rings. The SMILES string of the molecule is NC1=CC=C=CC1S. The number of rotatable bonds is 0. The third-order valence-corrected chi connectivity index (χ3v) is 1.41. The van der Waals surface area contributed by atoms with Crippen molar-refractivity contribution < 1.29 is 0 Å². The largest absolute Gasteiger partial charge is 0.401 e. The third kappa shape index (κ3) is 0.971. The van der Waals surface area contributed by atoms with Crippen LogP contribution < -0.4 is 5.73 Å². The first-order valence-electron chi connectivity index (χ1n) is 2.37. The molecular weight excluding hydrogens is 118 g/mol. The first-order chi connectivity index (χ1) is 3.80. The van der Waals surface area contributed by atoms with Gasteiger partial charge in [0.15, 0.2) is 0 Å². The van der Waals surface area contributed by atoms with E-state index in [2.05, 4.69) is 18.4 Å². The van der Waals surface area contributed by atoms with Crippen molar-refractivity contribution >= 4 is 12.6 Å². The molecule has 0 saturated carbocycles. The molecule has 0 saturated heterocycles. The molecule has 0 amide bonds. The van der Waals surface area contributed by atoms with Gasteiger partial charge < -0.3 is 5.73 Å². The van der Waals surface area contributed by atoms with E-state index in [-0.39, 0.29) is 5.25 Å². The number of allylic oxidation sites excluding steroid dienone is 1. The minimum Gasteiger partial charge on any atom is -0.401 e. The van der Waals surface area contributed by atoms with Crippen molar-refractivity contribution in [2.75, 3.05) is 0 Å². The van der Waals surface area contributed by atoms with Crippen molar-refractivity contribution in [2.24, 2.45) is 5.73 Å². The Bertz CT molecular complexity index is 175. The third-order valence-electron chi connectivity index (χ3n) is 0.968. The van der Waals surface area contributed by atoms with Gasteiger partial charge in [-0.3, -0.25) is 0 Å². The van der Waals surface area contributed by atoms with Gasteiger partial charge in [-0.1, -0.05) is 0 Å². The molecule has 0 aromatic heterocycles. The van der Waals surface area contributed by atoms with Gasteiger partial charge in [-0.05, 0) is 18.2 Å². The average Bonchev–Trinajstić information content (AvgIpc) is 1.77. The molecule has 0 spiro atoms. The predicted octanol–water partition coefficient (Wildman–Crippen LogP) is 0.852. The minimum atomic E-state index is 0.0694. The average molecular weight is 125 g/mol. The zero-order chi connectivity index (χ0) is 5.98. The fourth-order valence-electron chi connectivity index (χ4n) is 0.486. The molecule has 1 unspecified atom stereocenters. The number of hydrogen-bond acceptors (Lipinski definition) is 2. The van der Waals surface area contributed by atoms with Gasteiger partial charge in [0.1, 0.15) is 0 Å². The second kappa shape index (κ2) is 2.12. The summed E-state index contributed by atoms with van der Waals surface area (Å²) in [4.78, 5) is 0. The van der Waals surface area contributed by atoms with E-state index in [1.807, 2.05) is 6.08 Å². The zero-order valence-electron chi connectivity index (χ0n) is 4.33. The summed E-state index contributed by atoms with van der Waals surface area (Å²) in [5.41, 5.74) is 9.13. The Labute approximate surface area is 54.0 Å². The van der Waals surface area contributed by atoms with Gasteiger partial charge in [0.05, 0.1) is 5.25 Å². The molecular formula is C6H7NS. The van der Waals surface area contributed by atoms with E-state index in [1.54, 1.807) is 12.2 Å². The van der Waals surface area contributed by atoms with Crippen LogP contribution in [-0.4, -0.2) is 5.25 Å². The highest BCUT2D eigenvalue weighted by Crippen LogP contribution is 2.07. The smallest absolute Gasteiger partial charge is 0.0666 e. The van der Waals surface area contributed by atoms with Crippen LogP contribution in [0.25, 0.3) is 0 Å². The molecule has 0 aromatic carbocycles. The maximum atomic E-state index is 5.46. The number of hydrogen-bond donors (Lipinski definition) is 2. The summed E-state index contributed by atoms with van der Waals surface area (Å²) < 4.78 is 0. The molecule has 2 N–H and O–H groups in total. The molecule has 1 aliphatic rings.